The van der Waals surface area contributed by atoms with Crippen molar-refractivity contribution in [3.63, 3.8) is 0 Å². The van der Waals surface area contributed by atoms with Crippen LogP contribution in [0.2, 0.25) is 0 Å². The summed E-state index contributed by atoms with van der Waals surface area (Å²) in [5.41, 5.74) is -0.349. The third kappa shape index (κ3) is 1.63. The van der Waals surface area contributed by atoms with Gasteiger partial charge in [-0.3, -0.25) is 4.79 Å². The van der Waals surface area contributed by atoms with Crippen LogP contribution in [0.25, 0.3) is 0 Å². The van der Waals surface area contributed by atoms with E-state index in [2.05, 4.69) is 12.2 Å². The summed E-state index contributed by atoms with van der Waals surface area (Å²) in [4.78, 5) is 12.6. The Morgan fingerprint density at radius 1 is 1.11 bits per heavy atom. The second kappa shape index (κ2) is 4.52. The van der Waals surface area contributed by atoms with Crippen molar-refractivity contribution in [2.24, 2.45) is 23.7 Å². The zero-order valence-electron chi connectivity index (χ0n) is 11.6. The Kier molecular flexibility index (Phi) is 3.13. The molecular weight excluding hydrogens is 226 g/mol. The molecule has 4 rings (SSSR count). The van der Waals surface area contributed by atoms with Gasteiger partial charge in [-0.2, -0.15) is 0 Å². The van der Waals surface area contributed by atoms with Gasteiger partial charge in [0.15, 0.2) is 0 Å². The predicted molar refractivity (Wildman–Crippen MR) is 70.1 cm³/mol. The normalized spacial score (nSPS) is 45.2. The van der Waals surface area contributed by atoms with Crippen molar-refractivity contribution in [3.05, 3.63) is 0 Å². The summed E-state index contributed by atoms with van der Waals surface area (Å²) >= 11 is 0. The number of esters is 1. The molecule has 0 amide bonds. The maximum atomic E-state index is 12.6. The Labute approximate surface area is 110 Å². The van der Waals surface area contributed by atoms with E-state index in [-0.39, 0.29) is 11.5 Å². The molecule has 3 heteroatoms. The van der Waals surface area contributed by atoms with E-state index in [1.807, 2.05) is 6.92 Å². The second-order valence-corrected chi connectivity index (χ2v) is 6.42. The zero-order valence-corrected chi connectivity index (χ0v) is 11.6. The fraction of sp³-hybridized carbons (Fsp3) is 0.933. The van der Waals surface area contributed by atoms with E-state index in [0.717, 1.165) is 18.4 Å². The molecular formula is C15H25NO2. The van der Waals surface area contributed by atoms with Crippen LogP contribution in [-0.2, 0) is 9.53 Å². The summed E-state index contributed by atoms with van der Waals surface area (Å²) < 4.78 is 5.42. The lowest BCUT2D eigenvalue weighted by Gasteiger charge is -2.59. The number of rotatable bonds is 4. The molecule has 3 nitrogen and oxygen atoms in total. The summed E-state index contributed by atoms with van der Waals surface area (Å²) in [7, 11) is 0. The SMILES string of the molecule is CCNC1(C(=O)OCC)C2CC3CC(C2)CC1C3. The van der Waals surface area contributed by atoms with E-state index in [9.17, 15) is 4.79 Å². The molecule has 4 aliphatic rings. The van der Waals surface area contributed by atoms with Gasteiger partial charge in [0.25, 0.3) is 0 Å². The van der Waals surface area contributed by atoms with E-state index in [1.54, 1.807) is 0 Å². The number of ether oxygens (including phenoxy) is 1. The molecule has 0 aromatic heterocycles. The molecule has 0 unspecified atom stereocenters. The lowest BCUT2D eigenvalue weighted by atomic mass is 9.48. The monoisotopic (exact) mass is 251 g/mol. The van der Waals surface area contributed by atoms with Crippen molar-refractivity contribution >= 4 is 5.97 Å². The summed E-state index contributed by atoms with van der Waals surface area (Å²) in [6.45, 7) is 5.37. The quantitative estimate of drug-likeness (QED) is 0.779. The van der Waals surface area contributed by atoms with Crippen LogP contribution in [0.15, 0.2) is 0 Å². The molecule has 0 saturated heterocycles. The Balaban J connectivity index is 1.91. The first-order valence-corrected chi connectivity index (χ1v) is 7.62. The van der Waals surface area contributed by atoms with Crippen LogP contribution in [0, 0.1) is 23.7 Å². The number of likely N-dealkylation sites (N-methyl/N-ethyl adjacent to an activating group) is 1. The van der Waals surface area contributed by atoms with Gasteiger partial charge in [0.05, 0.1) is 6.61 Å². The highest BCUT2D eigenvalue weighted by atomic mass is 16.5. The average molecular weight is 251 g/mol. The number of hydrogen-bond donors (Lipinski definition) is 1. The molecule has 4 fully saturated rings. The Hall–Kier alpha value is -0.570. The molecule has 4 saturated carbocycles. The highest BCUT2D eigenvalue weighted by Crippen LogP contribution is 2.58. The number of carbonyl (C=O) groups excluding carboxylic acids is 1. The van der Waals surface area contributed by atoms with Crippen molar-refractivity contribution in [3.8, 4) is 0 Å². The minimum absolute atomic E-state index is 0.0284. The maximum Gasteiger partial charge on any atom is 0.326 e. The second-order valence-electron chi connectivity index (χ2n) is 6.42. The van der Waals surface area contributed by atoms with Gasteiger partial charge in [-0.15, -0.1) is 0 Å². The molecule has 18 heavy (non-hydrogen) atoms. The standard InChI is InChI=1S/C15H25NO2/c1-3-16-15(14(17)18-4-2)12-6-10-5-11(8-12)9-13(15)7-10/h10-13,16H,3-9H2,1-2H3. The zero-order chi connectivity index (χ0) is 12.8. The Morgan fingerprint density at radius 3 is 2.11 bits per heavy atom. The van der Waals surface area contributed by atoms with Crippen LogP contribution >= 0.6 is 0 Å². The van der Waals surface area contributed by atoms with E-state index in [0.29, 0.717) is 18.4 Å². The first-order valence-electron chi connectivity index (χ1n) is 7.62. The fourth-order valence-electron chi connectivity index (χ4n) is 5.16. The molecule has 0 aliphatic heterocycles. The van der Waals surface area contributed by atoms with Crippen LogP contribution in [0.4, 0.5) is 0 Å². The molecule has 0 aromatic rings. The number of hydrogen-bond acceptors (Lipinski definition) is 3. The van der Waals surface area contributed by atoms with Gasteiger partial charge < -0.3 is 10.1 Å². The molecule has 102 valence electrons. The van der Waals surface area contributed by atoms with Crippen LogP contribution in [0.1, 0.15) is 46.0 Å². The van der Waals surface area contributed by atoms with Crippen molar-refractivity contribution in [2.75, 3.05) is 13.2 Å². The molecule has 1 N–H and O–H groups in total. The number of nitrogens with one attached hydrogen (secondary N) is 1. The van der Waals surface area contributed by atoms with E-state index >= 15 is 0 Å². The van der Waals surface area contributed by atoms with E-state index in [1.165, 1.54) is 32.1 Å². The van der Waals surface area contributed by atoms with Gasteiger partial charge in [-0.1, -0.05) is 6.92 Å². The molecule has 0 spiro atoms. The topological polar surface area (TPSA) is 38.3 Å². The lowest BCUT2D eigenvalue weighted by Crippen LogP contribution is -2.69. The van der Waals surface area contributed by atoms with Crippen LogP contribution in [-0.4, -0.2) is 24.7 Å². The predicted octanol–water partition coefficient (Wildman–Crippen LogP) is 2.35. The molecule has 0 atom stereocenters. The van der Waals surface area contributed by atoms with Gasteiger partial charge in [-0.05, 0) is 69.2 Å². The molecule has 0 heterocycles. The van der Waals surface area contributed by atoms with Gasteiger partial charge in [0.1, 0.15) is 5.54 Å². The summed E-state index contributed by atoms with van der Waals surface area (Å²) in [6.07, 6.45) is 6.35. The maximum absolute atomic E-state index is 12.6. The smallest absolute Gasteiger partial charge is 0.326 e. The van der Waals surface area contributed by atoms with Crippen LogP contribution in [0.5, 0.6) is 0 Å². The minimum atomic E-state index is -0.349. The first kappa shape index (κ1) is 12.5. The summed E-state index contributed by atoms with van der Waals surface area (Å²) in [6, 6.07) is 0. The highest BCUT2D eigenvalue weighted by molar-refractivity contribution is 5.82. The van der Waals surface area contributed by atoms with E-state index < -0.39 is 0 Å². The van der Waals surface area contributed by atoms with Gasteiger partial charge in [0.2, 0.25) is 0 Å². The van der Waals surface area contributed by atoms with Gasteiger partial charge in [-0.25, -0.2) is 0 Å². The lowest BCUT2D eigenvalue weighted by molar-refractivity contribution is -0.170. The van der Waals surface area contributed by atoms with Crippen molar-refractivity contribution in [1.82, 2.24) is 5.32 Å². The molecule has 4 bridgehead atoms. The largest absolute Gasteiger partial charge is 0.465 e. The minimum Gasteiger partial charge on any atom is -0.465 e. The fourth-order valence-corrected chi connectivity index (χ4v) is 5.16. The van der Waals surface area contributed by atoms with Crippen molar-refractivity contribution in [2.45, 2.75) is 51.5 Å². The highest BCUT2D eigenvalue weighted by Gasteiger charge is 2.61. The third-order valence-electron chi connectivity index (χ3n) is 5.51. The van der Waals surface area contributed by atoms with Gasteiger partial charge in [0, 0.05) is 0 Å². The summed E-state index contributed by atoms with van der Waals surface area (Å²) in [5.74, 6) is 2.84. The van der Waals surface area contributed by atoms with Gasteiger partial charge >= 0.3 is 5.97 Å². The third-order valence-corrected chi connectivity index (χ3v) is 5.51. The molecule has 0 aromatic carbocycles. The summed E-state index contributed by atoms with van der Waals surface area (Å²) in [5, 5.41) is 3.55. The molecule has 4 aliphatic carbocycles. The first-order chi connectivity index (χ1) is 8.70. The Morgan fingerprint density at radius 2 is 1.67 bits per heavy atom. The Bertz CT molecular complexity index is 311. The van der Waals surface area contributed by atoms with Crippen LogP contribution in [0.3, 0.4) is 0 Å². The van der Waals surface area contributed by atoms with E-state index in [4.69, 9.17) is 4.74 Å². The average Bonchev–Trinajstić information content (AvgIpc) is 2.33. The molecule has 0 radical (unpaired) electrons. The van der Waals surface area contributed by atoms with Crippen molar-refractivity contribution < 1.29 is 9.53 Å². The van der Waals surface area contributed by atoms with Crippen LogP contribution < -0.4 is 5.32 Å². The number of carbonyl (C=O) groups is 1. The van der Waals surface area contributed by atoms with Crippen molar-refractivity contribution in [1.29, 1.82) is 0 Å².